The van der Waals surface area contributed by atoms with E-state index in [1.807, 2.05) is 0 Å². The Labute approximate surface area is 96.1 Å². The van der Waals surface area contributed by atoms with Crippen molar-refractivity contribution in [3.63, 3.8) is 0 Å². The zero-order valence-electron chi connectivity index (χ0n) is 5.16. The van der Waals surface area contributed by atoms with Crippen molar-refractivity contribution >= 4 is 61.6 Å². The summed E-state index contributed by atoms with van der Waals surface area (Å²) in [6.45, 7) is 0. The summed E-state index contributed by atoms with van der Waals surface area (Å²) in [5.74, 6) is 0. The molecule has 0 aliphatic heterocycles. The van der Waals surface area contributed by atoms with Gasteiger partial charge in [0.2, 0.25) is 0 Å². The summed E-state index contributed by atoms with van der Waals surface area (Å²) in [4.78, 5) is 0. The Balaban J connectivity index is -0.0000000457. The average molecular weight is 435 g/mol. The van der Waals surface area contributed by atoms with Crippen LogP contribution in [0.5, 0.6) is 0 Å². The minimum Gasteiger partial charge on any atom is -0.759 e. The van der Waals surface area contributed by atoms with Crippen LogP contribution in [-0.4, -0.2) is 62.3 Å². The fourth-order valence-electron chi connectivity index (χ4n) is 0. The van der Waals surface area contributed by atoms with Crippen molar-refractivity contribution < 1.29 is 35.0 Å². The maximum Gasteiger partial charge on any atom is 2.00 e. The summed E-state index contributed by atoms with van der Waals surface area (Å²) in [7, 11) is -9.83. The molecule has 0 bridgehead atoms. The van der Waals surface area contributed by atoms with Crippen LogP contribution < -0.4 is 0 Å². The van der Waals surface area contributed by atoms with Gasteiger partial charge in [-0.25, -0.2) is 0 Å². The van der Waals surface area contributed by atoms with Gasteiger partial charge in [-0.15, -0.1) is 0 Å². The van der Waals surface area contributed by atoms with Crippen molar-refractivity contribution in [1.29, 1.82) is 0 Å². The van der Waals surface area contributed by atoms with E-state index in [0.717, 1.165) is 0 Å². The minimum atomic E-state index is -5.17. The molecule has 0 aliphatic carbocycles. The molecule has 0 unspecified atom stereocenters. The van der Waals surface area contributed by atoms with Gasteiger partial charge in [0.05, 0.1) is 0 Å². The molecular weight excluding hydrogens is 431 g/mol. The first-order chi connectivity index (χ1) is 4.00. The van der Waals surface area contributed by atoms with Crippen LogP contribution in [0.4, 0.5) is 0 Å². The summed E-state index contributed by atoms with van der Waals surface area (Å²) in [6.07, 6.45) is 0. The number of hydrogen-bond donors (Lipinski definition) is 2. The van der Waals surface area contributed by atoms with E-state index < -0.39 is 20.8 Å². The number of rotatable bonds is 0. The third-order valence-electron chi connectivity index (χ3n) is 0. The van der Waals surface area contributed by atoms with Gasteiger partial charge in [-0.3, -0.25) is 17.5 Å². The first-order valence-electron chi connectivity index (χ1n) is 1.37. The van der Waals surface area contributed by atoms with Gasteiger partial charge in [-0.1, -0.05) is 0 Å². The predicted octanol–water partition coefficient (Wildman–Crippen LogP) is -2.26. The van der Waals surface area contributed by atoms with Crippen LogP contribution in [-0.2, 0) is 20.8 Å². The molecular formula is H4O8PbS3. The Hall–Kier alpha value is 1.01. The summed E-state index contributed by atoms with van der Waals surface area (Å²) >= 11 is 0. The summed E-state index contributed by atoms with van der Waals surface area (Å²) in [5, 5.41) is 0. The molecule has 0 fully saturated rings. The van der Waals surface area contributed by atoms with Gasteiger partial charge >= 0.3 is 37.7 Å². The van der Waals surface area contributed by atoms with Crippen LogP contribution in [0, 0.1) is 0 Å². The van der Waals surface area contributed by atoms with Gasteiger partial charge in [0.25, 0.3) is 0 Å². The fourth-order valence-corrected chi connectivity index (χ4v) is 0. The second kappa shape index (κ2) is 8.60. The third kappa shape index (κ3) is 1080. The first kappa shape index (κ1) is 23.1. The zero-order valence-corrected chi connectivity index (χ0v) is 11.7. The smallest absolute Gasteiger partial charge is 0.759 e. The molecule has 0 saturated heterocycles. The molecule has 0 amide bonds. The molecule has 12 heteroatoms. The monoisotopic (exact) mass is 436 g/mol. The first-order valence-corrected chi connectivity index (χ1v) is 4.10. The van der Waals surface area contributed by atoms with Crippen LogP contribution in [0.2, 0.25) is 0 Å². The SMILES string of the molecule is O=S(=O)(O)O.O=S(=O)([O-])[O-].S.[Pb+2]. The van der Waals surface area contributed by atoms with E-state index in [4.69, 9.17) is 35.0 Å². The number of hydrogen-bond acceptors (Lipinski definition) is 6. The Morgan fingerprint density at radius 3 is 0.917 bits per heavy atom. The summed E-state index contributed by atoms with van der Waals surface area (Å²) < 4.78 is 65.7. The van der Waals surface area contributed by atoms with Crippen molar-refractivity contribution in [3.05, 3.63) is 0 Å². The van der Waals surface area contributed by atoms with Gasteiger partial charge in [0.1, 0.15) is 0 Å². The van der Waals surface area contributed by atoms with E-state index in [1.54, 1.807) is 0 Å². The second-order valence-corrected chi connectivity index (χ2v) is 2.57. The molecule has 0 saturated carbocycles. The van der Waals surface area contributed by atoms with Crippen molar-refractivity contribution in [1.82, 2.24) is 0 Å². The molecule has 0 spiro atoms. The van der Waals surface area contributed by atoms with E-state index in [-0.39, 0.29) is 40.8 Å². The normalized spacial score (nSPS) is 9.67. The Bertz CT molecular complexity index is 211. The van der Waals surface area contributed by atoms with Crippen LogP contribution in [0.1, 0.15) is 0 Å². The second-order valence-electron chi connectivity index (χ2n) is 0.856. The molecule has 0 heterocycles. The quantitative estimate of drug-likeness (QED) is 0.245. The van der Waals surface area contributed by atoms with E-state index in [1.165, 1.54) is 0 Å². The average Bonchev–Trinajstić information content (AvgIpc) is 1.12. The van der Waals surface area contributed by atoms with E-state index in [0.29, 0.717) is 0 Å². The molecule has 0 rings (SSSR count). The van der Waals surface area contributed by atoms with Crippen LogP contribution in [0.15, 0.2) is 0 Å². The molecule has 2 N–H and O–H groups in total. The topological polar surface area (TPSA) is 155 Å². The van der Waals surface area contributed by atoms with Gasteiger partial charge in [-0.2, -0.15) is 21.9 Å². The van der Waals surface area contributed by atoms with Gasteiger partial charge in [0, 0.05) is 10.4 Å². The van der Waals surface area contributed by atoms with E-state index in [9.17, 15) is 0 Å². The van der Waals surface area contributed by atoms with Crippen molar-refractivity contribution in [3.8, 4) is 0 Å². The molecule has 0 atom stereocenters. The zero-order chi connectivity index (χ0) is 9.00. The summed E-state index contributed by atoms with van der Waals surface area (Å²) in [6, 6.07) is 0. The maximum absolute atomic E-state index is 8.74. The molecule has 74 valence electrons. The van der Waals surface area contributed by atoms with Gasteiger partial charge < -0.3 is 9.11 Å². The molecule has 8 nitrogen and oxygen atoms in total. The van der Waals surface area contributed by atoms with E-state index >= 15 is 0 Å². The van der Waals surface area contributed by atoms with Crippen molar-refractivity contribution in [2.75, 3.05) is 0 Å². The fraction of sp³-hybridized carbons (Fsp3) is 0. The van der Waals surface area contributed by atoms with Crippen molar-refractivity contribution in [2.24, 2.45) is 0 Å². The molecule has 0 aromatic rings. The van der Waals surface area contributed by atoms with Crippen LogP contribution >= 0.6 is 13.5 Å². The van der Waals surface area contributed by atoms with Gasteiger partial charge in [-0.05, 0) is 0 Å². The minimum absolute atomic E-state index is 0. The Morgan fingerprint density at radius 2 is 0.917 bits per heavy atom. The Kier molecular flexibility index (Phi) is 16.6. The molecule has 2 radical (unpaired) electrons. The Morgan fingerprint density at radius 1 is 0.917 bits per heavy atom. The van der Waals surface area contributed by atoms with Crippen molar-refractivity contribution in [2.45, 2.75) is 0 Å². The maximum atomic E-state index is 8.74. The summed E-state index contributed by atoms with van der Waals surface area (Å²) in [5.41, 5.74) is 0. The third-order valence-corrected chi connectivity index (χ3v) is 0. The predicted molar refractivity (Wildman–Crippen MR) is 40.8 cm³/mol. The molecule has 0 aliphatic rings. The van der Waals surface area contributed by atoms with Gasteiger partial charge in [0.15, 0.2) is 0 Å². The standard InChI is InChI=1S/2H2O4S.Pb.H2S/c2*1-5(2,3)4;;/h2*(H2,1,2,3,4);;1H2/q;;+2;/p-2. The van der Waals surface area contributed by atoms with Crippen LogP contribution in [0.25, 0.3) is 0 Å². The van der Waals surface area contributed by atoms with Crippen LogP contribution in [0.3, 0.4) is 0 Å². The van der Waals surface area contributed by atoms with E-state index in [2.05, 4.69) is 0 Å². The molecule has 0 aromatic heterocycles. The molecule has 12 heavy (non-hydrogen) atoms. The largest absolute Gasteiger partial charge is 2.00 e. The molecule has 0 aromatic carbocycles.